The minimum atomic E-state index is -3.02. The Bertz CT molecular complexity index is 261. The van der Waals surface area contributed by atoms with Crippen LogP contribution in [-0.4, -0.2) is 33.1 Å². The number of halogens is 1. The molecule has 1 rings (SSSR count). The van der Waals surface area contributed by atoms with Crippen LogP contribution in [0.1, 0.15) is 19.3 Å². The quantitative estimate of drug-likeness (QED) is 0.736. The predicted molar refractivity (Wildman–Crippen MR) is 50.0 cm³/mol. The number of nitrogens with two attached hydrogens (primary N) is 1. The zero-order valence-corrected chi connectivity index (χ0v) is 8.45. The van der Waals surface area contributed by atoms with Gasteiger partial charge in [-0.3, -0.25) is 4.39 Å². The third kappa shape index (κ3) is 2.64. The van der Waals surface area contributed by atoms with E-state index in [1.165, 1.54) is 0 Å². The van der Waals surface area contributed by atoms with Crippen LogP contribution in [0, 0.1) is 5.41 Å². The van der Waals surface area contributed by atoms with E-state index in [1.54, 1.807) is 0 Å². The fourth-order valence-corrected chi connectivity index (χ4v) is 3.98. The molecule has 13 heavy (non-hydrogen) atoms. The summed E-state index contributed by atoms with van der Waals surface area (Å²) in [6.45, 7) is -0.205. The number of alkyl halides is 1. The van der Waals surface area contributed by atoms with Gasteiger partial charge in [0.1, 0.15) is 0 Å². The minimum absolute atomic E-state index is 0.0201. The second-order valence-corrected chi connectivity index (χ2v) is 6.05. The van der Waals surface area contributed by atoms with Gasteiger partial charge in [-0.15, -0.1) is 0 Å². The molecule has 2 N–H and O–H groups in total. The van der Waals surface area contributed by atoms with Gasteiger partial charge in [-0.25, -0.2) is 8.42 Å². The van der Waals surface area contributed by atoms with E-state index >= 15 is 0 Å². The lowest BCUT2D eigenvalue weighted by Gasteiger charge is -2.33. The molecule has 1 saturated heterocycles. The summed E-state index contributed by atoms with van der Waals surface area (Å²) in [6.07, 6.45) is 1.70. The van der Waals surface area contributed by atoms with E-state index < -0.39 is 21.9 Å². The zero-order valence-electron chi connectivity index (χ0n) is 7.63. The normalized spacial score (nSPS) is 33.1. The van der Waals surface area contributed by atoms with E-state index in [1.807, 2.05) is 0 Å². The fourth-order valence-electron chi connectivity index (χ4n) is 1.95. The molecule has 0 saturated carbocycles. The summed E-state index contributed by atoms with van der Waals surface area (Å²) < 4.78 is 35.3. The highest BCUT2D eigenvalue weighted by atomic mass is 32.2. The smallest absolute Gasteiger partial charge is 0.150 e. The second-order valence-electron chi connectivity index (χ2n) is 3.87. The van der Waals surface area contributed by atoms with Gasteiger partial charge in [0.15, 0.2) is 9.84 Å². The molecule has 1 unspecified atom stereocenters. The van der Waals surface area contributed by atoms with Crippen molar-refractivity contribution in [3.63, 3.8) is 0 Å². The van der Waals surface area contributed by atoms with Crippen molar-refractivity contribution in [3.05, 3.63) is 0 Å². The summed E-state index contributed by atoms with van der Waals surface area (Å²) >= 11 is 0. The van der Waals surface area contributed by atoms with Crippen LogP contribution in [0.5, 0.6) is 0 Å². The molecule has 0 aliphatic carbocycles. The lowest BCUT2D eigenvalue weighted by molar-refractivity contribution is 0.196. The molecule has 1 fully saturated rings. The Hall–Kier alpha value is -0.160. The van der Waals surface area contributed by atoms with Crippen LogP contribution in [0.2, 0.25) is 0 Å². The number of sulfone groups is 1. The van der Waals surface area contributed by atoms with Gasteiger partial charge < -0.3 is 5.73 Å². The number of hydrogen-bond acceptors (Lipinski definition) is 3. The average Bonchev–Trinajstić information content (AvgIpc) is 2.03. The Morgan fingerprint density at radius 1 is 1.46 bits per heavy atom. The first-order chi connectivity index (χ1) is 6.04. The largest absolute Gasteiger partial charge is 0.330 e. The summed E-state index contributed by atoms with van der Waals surface area (Å²) in [5.74, 6) is 0.188. The number of hydrogen-bond donors (Lipinski definition) is 1. The molecule has 5 heteroatoms. The highest BCUT2D eigenvalue weighted by molar-refractivity contribution is 7.91. The molecule has 1 aliphatic rings. The molecule has 0 aromatic rings. The van der Waals surface area contributed by atoms with Crippen molar-refractivity contribution < 1.29 is 12.8 Å². The van der Waals surface area contributed by atoms with Crippen molar-refractivity contribution in [1.82, 2.24) is 0 Å². The van der Waals surface area contributed by atoms with E-state index in [-0.39, 0.29) is 11.5 Å². The molecule has 0 spiro atoms. The SMILES string of the molecule is NCCC1(CF)CCCS(=O)(=O)C1. The molecule has 0 radical (unpaired) electrons. The van der Waals surface area contributed by atoms with Gasteiger partial charge in [0.25, 0.3) is 0 Å². The molecule has 0 amide bonds. The molecule has 0 aromatic heterocycles. The Balaban J connectivity index is 2.76. The molecule has 0 aromatic carbocycles. The van der Waals surface area contributed by atoms with Gasteiger partial charge in [0.2, 0.25) is 0 Å². The van der Waals surface area contributed by atoms with E-state index in [2.05, 4.69) is 0 Å². The van der Waals surface area contributed by atoms with Gasteiger partial charge in [0, 0.05) is 5.41 Å². The lowest BCUT2D eigenvalue weighted by Crippen LogP contribution is -2.39. The maximum Gasteiger partial charge on any atom is 0.150 e. The van der Waals surface area contributed by atoms with Crippen molar-refractivity contribution in [1.29, 1.82) is 0 Å². The van der Waals surface area contributed by atoms with Crippen LogP contribution in [-0.2, 0) is 9.84 Å². The van der Waals surface area contributed by atoms with E-state index in [9.17, 15) is 12.8 Å². The van der Waals surface area contributed by atoms with Gasteiger partial charge in [0.05, 0.1) is 18.2 Å². The van der Waals surface area contributed by atoms with Crippen LogP contribution in [0.25, 0.3) is 0 Å². The molecule has 78 valence electrons. The zero-order chi connectivity index (χ0) is 9.95. The topological polar surface area (TPSA) is 60.2 Å². The fraction of sp³-hybridized carbons (Fsp3) is 1.00. The molecular formula is C8H16FNO2S. The van der Waals surface area contributed by atoms with Gasteiger partial charge in [-0.1, -0.05) is 0 Å². The predicted octanol–water partition coefficient (Wildman–Crippen LogP) is 0.500. The Morgan fingerprint density at radius 2 is 2.15 bits per heavy atom. The summed E-state index contributed by atoms with van der Waals surface area (Å²) in [4.78, 5) is 0. The number of rotatable bonds is 3. The van der Waals surface area contributed by atoms with Crippen LogP contribution in [0.15, 0.2) is 0 Å². The summed E-state index contributed by atoms with van der Waals surface area (Å²) in [5.41, 5.74) is 4.67. The summed E-state index contributed by atoms with van der Waals surface area (Å²) in [7, 11) is -3.02. The molecule has 1 atom stereocenters. The Labute approximate surface area is 78.4 Å². The first-order valence-corrected chi connectivity index (χ1v) is 6.32. The summed E-state index contributed by atoms with van der Waals surface area (Å²) in [5, 5.41) is 0. The Morgan fingerprint density at radius 3 is 2.62 bits per heavy atom. The Kier molecular flexibility index (Phi) is 3.29. The molecule has 3 nitrogen and oxygen atoms in total. The minimum Gasteiger partial charge on any atom is -0.330 e. The molecule has 0 bridgehead atoms. The van der Waals surface area contributed by atoms with Crippen molar-refractivity contribution in [2.75, 3.05) is 24.7 Å². The third-order valence-corrected chi connectivity index (χ3v) is 4.61. The van der Waals surface area contributed by atoms with E-state index in [4.69, 9.17) is 5.73 Å². The van der Waals surface area contributed by atoms with E-state index in [0.717, 1.165) is 0 Å². The van der Waals surface area contributed by atoms with Crippen LogP contribution in [0.4, 0.5) is 4.39 Å². The van der Waals surface area contributed by atoms with Crippen molar-refractivity contribution >= 4 is 9.84 Å². The van der Waals surface area contributed by atoms with Crippen molar-refractivity contribution in [3.8, 4) is 0 Å². The monoisotopic (exact) mass is 209 g/mol. The van der Waals surface area contributed by atoms with Crippen molar-refractivity contribution in [2.45, 2.75) is 19.3 Å². The van der Waals surface area contributed by atoms with E-state index in [0.29, 0.717) is 25.8 Å². The second kappa shape index (κ2) is 3.92. The highest BCUT2D eigenvalue weighted by Gasteiger charge is 2.38. The van der Waals surface area contributed by atoms with Crippen LogP contribution in [0.3, 0.4) is 0 Å². The first kappa shape index (κ1) is 10.9. The maximum absolute atomic E-state index is 12.7. The van der Waals surface area contributed by atoms with Crippen LogP contribution >= 0.6 is 0 Å². The lowest BCUT2D eigenvalue weighted by atomic mass is 9.83. The molecule has 1 aliphatic heterocycles. The van der Waals surface area contributed by atoms with Gasteiger partial charge in [-0.05, 0) is 25.8 Å². The van der Waals surface area contributed by atoms with Gasteiger partial charge >= 0.3 is 0 Å². The van der Waals surface area contributed by atoms with Crippen LogP contribution < -0.4 is 5.73 Å². The first-order valence-electron chi connectivity index (χ1n) is 4.50. The average molecular weight is 209 g/mol. The molecule has 1 heterocycles. The molecular weight excluding hydrogens is 193 g/mol. The summed E-state index contributed by atoms with van der Waals surface area (Å²) in [6, 6.07) is 0. The third-order valence-electron chi connectivity index (χ3n) is 2.65. The highest BCUT2D eigenvalue weighted by Crippen LogP contribution is 2.34. The standard InChI is InChI=1S/C8H16FNO2S/c9-6-8(3-4-10)2-1-5-13(11,12)7-8/h1-7,10H2. The van der Waals surface area contributed by atoms with Crippen molar-refractivity contribution in [2.24, 2.45) is 11.1 Å². The maximum atomic E-state index is 12.7. The van der Waals surface area contributed by atoms with Gasteiger partial charge in [-0.2, -0.15) is 0 Å².